The number of rotatable bonds is 6. The molecule has 5 rings (SSSR count). The highest BCUT2D eigenvalue weighted by Crippen LogP contribution is 2.45. The predicted octanol–water partition coefficient (Wildman–Crippen LogP) is 5.31. The van der Waals surface area contributed by atoms with Gasteiger partial charge in [0, 0.05) is 0 Å². The molecule has 0 radical (unpaired) electrons. The minimum absolute atomic E-state index is 0.0498. The van der Waals surface area contributed by atoms with Gasteiger partial charge in [-0.2, -0.15) is 0 Å². The first-order valence-electron chi connectivity index (χ1n) is 10.3. The van der Waals surface area contributed by atoms with Gasteiger partial charge in [-0.15, -0.1) is 0 Å². The van der Waals surface area contributed by atoms with E-state index in [1.54, 1.807) is 63.6 Å². The van der Waals surface area contributed by atoms with Crippen molar-refractivity contribution in [2.24, 2.45) is 0 Å². The van der Waals surface area contributed by atoms with Crippen LogP contribution in [0.3, 0.4) is 0 Å². The number of aromatic nitrogens is 2. The summed E-state index contributed by atoms with van der Waals surface area (Å²) in [6.07, 6.45) is 0. The second-order valence-corrected chi connectivity index (χ2v) is 8.54. The number of methoxy groups -OCH3 is 2. The van der Waals surface area contributed by atoms with Crippen LogP contribution in [0.25, 0.3) is 26.6 Å². The second kappa shape index (κ2) is 8.27. The summed E-state index contributed by atoms with van der Waals surface area (Å²) in [5.74, 6) is 0.281. The smallest absolute Gasteiger partial charge is 0.242 e. The molecule has 0 unspecified atom stereocenters. The van der Waals surface area contributed by atoms with Crippen molar-refractivity contribution in [3.8, 4) is 39.5 Å². The van der Waals surface area contributed by atoms with Crippen molar-refractivity contribution in [3.05, 3.63) is 71.7 Å². The highest BCUT2D eigenvalue weighted by atomic mass is 32.1. The maximum Gasteiger partial charge on any atom is 0.242 e. The maximum absolute atomic E-state index is 13.4. The lowest BCUT2D eigenvalue weighted by molar-refractivity contribution is 0.101. The zero-order valence-electron chi connectivity index (χ0n) is 18.5. The second-order valence-electron chi connectivity index (χ2n) is 7.53. The summed E-state index contributed by atoms with van der Waals surface area (Å²) in [6, 6.07) is 15.6. The lowest BCUT2D eigenvalue weighted by Crippen LogP contribution is -2.04. The Labute approximate surface area is 198 Å². The van der Waals surface area contributed by atoms with Crippen molar-refractivity contribution in [2.75, 3.05) is 14.2 Å². The van der Waals surface area contributed by atoms with E-state index in [9.17, 15) is 15.0 Å². The largest absolute Gasteiger partial charge is 0.503 e. The molecule has 0 saturated carbocycles. The van der Waals surface area contributed by atoms with Crippen molar-refractivity contribution in [3.63, 3.8) is 0 Å². The number of nitrogens with zero attached hydrogens (tertiary/aromatic N) is 2. The Balaban J connectivity index is 1.78. The zero-order chi connectivity index (χ0) is 24.0. The molecular formula is C25H20N2O6S. The SMILES string of the molecule is COc1ccc(-c2c(C(=O)c3ccc(C)o3)c(O)c(O)n2-c2nc3ccc(OC)cc3s2)cc1. The lowest BCUT2D eigenvalue weighted by atomic mass is 10.0. The van der Waals surface area contributed by atoms with Gasteiger partial charge in [-0.3, -0.25) is 9.36 Å². The summed E-state index contributed by atoms with van der Waals surface area (Å²) in [7, 11) is 3.13. The number of fused-ring (bicyclic) bond motifs is 1. The van der Waals surface area contributed by atoms with Gasteiger partial charge >= 0.3 is 0 Å². The average molecular weight is 477 g/mol. The number of carbonyl (C=O) groups excluding carboxylic acids is 1. The fourth-order valence-electron chi connectivity index (χ4n) is 3.77. The van der Waals surface area contributed by atoms with Crippen LogP contribution in [0.4, 0.5) is 0 Å². The molecule has 0 spiro atoms. The van der Waals surface area contributed by atoms with Crippen LogP contribution >= 0.6 is 11.3 Å². The first-order chi connectivity index (χ1) is 16.4. The third kappa shape index (κ3) is 3.46. The molecule has 5 aromatic rings. The number of ether oxygens (including phenoxy) is 2. The maximum atomic E-state index is 13.4. The van der Waals surface area contributed by atoms with E-state index in [2.05, 4.69) is 4.98 Å². The van der Waals surface area contributed by atoms with E-state index in [1.807, 2.05) is 6.07 Å². The molecule has 34 heavy (non-hydrogen) atoms. The number of aryl methyl sites for hydroxylation is 1. The predicted molar refractivity (Wildman–Crippen MR) is 128 cm³/mol. The van der Waals surface area contributed by atoms with Crippen LogP contribution in [-0.2, 0) is 0 Å². The van der Waals surface area contributed by atoms with Gasteiger partial charge in [0.05, 0.1) is 35.7 Å². The molecule has 9 heteroatoms. The minimum Gasteiger partial charge on any atom is -0.503 e. The summed E-state index contributed by atoms with van der Waals surface area (Å²) in [4.78, 5) is 18.0. The standard InChI is InChI=1S/C25H20N2O6S/c1-13-4-11-18(33-13)22(28)20-21(14-5-7-15(31-2)8-6-14)27(24(30)23(20)29)25-26-17-10-9-16(32-3)12-19(17)34-25/h4-12,29-30H,1-3H3. The van der Waals surface area contributed by atoms with Gasteiger partial charge < -0.3 is 24.1 Å². The number of ketones is 1. The first-order valence-corrected chi connectivity index (χ1v) is 11.1. The van der Waals surface area contributed by atoms with Crippen LogP contribution in [0.15, 0.2) is 59.0 Å². The van der Waals surface area contributed by atoms with E-state index in [1.165, 1.54) is 22.0 Å². The average Bonchev–Trinajstić information content (AvgIpc) is 3.54. The first kappa shape index (κ1) is 21.6. The third-order valence-corrected chi connectivity index (χ3v) is 6.45. The Hall–Kier alpha value is -4.24. The Kier molecular flexibility index (Phi) is 5.25. The summed E-state index contributed by atoms with van der Waals surface area (Å²) < 4.78 is 18.2. The molecule has 3 heterocycles. The summed E-state index contributed by atoms with van der Waals surface area (Å²) in [6.45, 7) is 1.72. The van der Waals surface area contributed by atoms with E-state index >= 15 is 0 Å². The van der Waals surface area contributed by atoms with Crippen LogP contribution in [-0.4, -0.2) is 39.8 Å². The summed E-state index contributed by atoms with van der Waals surface area (Å²) in [5.41, 5.74) is 1.44. The highest BCUT2D eigenvalue weighted by molar-refractivity contribution is 7.20. The van der Waals surface area contributed by atoms with Crippen molar-refractivity contribution >= 4 is 27.3 Å². The number of aromatic hydroxyl groups is 2. The number of benzene rings is 2. The minimum atomic E-state index is -0.562. The molecule has 0 aliphatic carbocycles. The molecule has 0 aliphatic rings. The zero-order valence-corrected chi connectivity index (χ0v) is 19.3. The molecule has 0 fully saturated rings. The monoisotopic (exact) mass is 476 g/mol. The molecule has 0 bridgehead atoms. The van der Waals surface area contributed by atoms with Gasteiger partial charge in [-0.25, -0.2) is 4.98 Å². The van der Waals surface area contributed by atoms with Crippen LogP contribution in [0.2, 0.25) is 0 Å². The van der Waals surface area contributed by atoms with Gasteiger partial charge in [0.15, 0.2) is 16.6 Å². The van der Waals surface area contributed by atoms with E-state index < -0.39 is 17.4 Å². The lowest BCUT2D eigenvalue weighted by Gasteiger charge is -2.09. The van der Waals surface area contributed by atoms with Crippen LogP contribution in [0.5, 0.6) is 23.1 Å². The molecule has 0 aliphatic heterocycles. The number of furan rings is 1. The molecule has 2 N–H and O–H groups in total. The number of carbonyl (C=O) groups is 1. The van der Waals surface area contributed by atoms with Crippen molar-refractivity contribution in [1.82, 2.24) is 9.55 Å². The third-order valence-electron chi connectivity index (χ3n) is 5.45. The Morgan fingerprint density at radius 3 is 2.35 bits per heavy atom. The van der Waals surface area contributed by atoms with Crippen molar-refractivity contribution < 1.29 is 28.9 Å². The summed E-state index contributed by atoms with van der Waals surface area (Å²) in [5, 5.41) is 22.3. The molecule has 2 aromatic carbocycles. The quantitative estimate of drug-likeness (QED) is 0.320. The topological polar surface area (TPSA) is 107 Å². The number of thiazole rings is 1. The van der Waals surface area contributed by atoms with Gasteiger partial charge in [0.25, 0.3) is 0 Å². The van der Waals surface area contributed by atoms with Crippen LogP contribution < -0.4 is 9.47 Å². The molecule has 0 amide bonds. The fraction of sp³-hybridized carbons (Fsp3) is 0.120. The highest BCUT2D eigenvalue weighted by Gasteiger charge is 2.32. The van der Waals surface area contributed by atoms with Gasteiger partial charge in [-0.1, -0.05) is 11.3 Å². The van der Waals surface area contributed by atoms with Crippen molar-refractivity contribution in [2.45, 2.75) is 6.92 Å². The molecule has 0 saturated heterocycles. The van der Waals surface area contributed by atoms with Crippen molar-refractivity contribution in [1.29, 1.82) is 0 Å². The molecule has 8 nitrogen and oxygen atoms in total. The molecular weight excluding hydrogens is 456 g/mol. The van der Waals surface area contributed by atoms with Gasteiger partial charge in [-0.05, 0) is 67.1 Å². The van der Waals surface area contributed by atoms with Crippen LogP contribution in [0, 0.1) is 6.92 Å². The number of hydrogen-bond donors (Lipinski definition) is 2. The Morgan fingerprint density at radius 2 is 1.71 bits per heavy atom. The number of hydrogen-bond acceptors (Lipinski definition) is 8. The van der Waals surface area contributed by atoms with Crippen LogP contribution in [0.1, 0.15) is 21.9 Å². The molecule has 0 atom stereocenters. The molecule has 172 valence electrons. The van der Waals surface area contributed by atoms with E-state index in [0.29, 0.717) is 33.5 Å². The Morgan fingerprint density at radius 1 is 1.00 bits per heavy atom. The fourth-order valence-corrected chi connectivity index (χ4v) is 4.77. The Bertz CT molecular complexity index is 1530. The van der Waals surface area contributed by atoms with E-state index in [4.69, 9.17) is 13.9 Å². The van der Waals surface area contributed by atoms with Gasteiger partial charge in [0.2, 0.25) is 11.7 Å². The normalized spacial score (nSPS) is 11.1. The molecule has 3 aromatic heterocycles. The van der Waals surface area contributed by atoms with Gasteiger partial charge in [0.1, 0.15) is 17.3 Å². The summed E-state index contributed by atoms with van der Waals surface area (Å²) >= 11 is 1.29. The van der Waals surface area contributed by atoms with E-state index in [0.717, 1.165) is 4.70 Å². The van der Waals surface area contributed by atoms with E-state index in [-0.39, 0.29) is 17.0 Å².